The van der Waals surface area contributed by atoms with Crippen LogP contribution in [-0.2, 0) is 13.2 Å². The molecule has 1 N–H and O–H groups in total. The highest BCUT2D eigenvalue weighted by Crippen LogP contribution is 2.21. The number of aromatic nitrogens is 2. The standard InChI is InChI=1S/C23H20FN3O4/c1-29-18-6-4-7-19(11-18)30-15-20-9-10-22(31-20)23(28)26-17-12-25-27(14-17)13-16-5-2-3-8-21(16)24/h2-12,14H,13,15H2,1H3,(H,26,28). The maximum atomic E-state index is 13.8. The van der Waals surface area contributed by atoms with Gasteiger partial charge in [-0.05, 0) is 30.3 Å². The van der Waals surface area contributed by atoms with E-state index in [1.165, 1.54) is 12.3 Å². The number of anilines is 1. The Bertz CT molecular complexity index is 1180. The Kier molecular flexibility index (Phi) is 5.98. The first-order valence-electron chi connectivity index (χ1n) is 9.53. The molecule has 0 unspecified atom stereocenters. The van der Waals surface area contributed by atoms with Gasteiger partial charge >= 0.3 is 0 Å². The van der Waals surface area contributed by atoms with Gasteiger partial charge in [-0.1, -0.05) is 24.3 Å². The molecule has 0 saturated carbocycles. The predicted octanol–water partition coefficient (Wildman–Crippen LogP) is 4.50. The number of carbonyl (C=O) groups is 1. The fourth-order valence-electron chi connectivity index (χ4n) is 2.93. The lowest BCUT2D eigenvalue weighted by Crippen LogP contribution is -2.10. The molecule has 158 valence electrons. The summed E-state index contributed by atoms with van der Waals surface area (Å²) in [7, 11) is 1.58. The van der Waals surface area contributed by atoms with Crippen LogP contribution in [0.1, 0.15) is 21.9 Å². The van der Waals surface area contributed by atoms with Crippen molar-refractivity contribution in [3.8, 4) is 11.5 Å². The highest BCUT2D eigenvalue weighted by Gasteiger charge is 2.13. The number of carbonyl (C=O) groups excluding carboxylic acids is 1. The van der Waals surface area contributed by atoms with Crippen molar-refractivity contribution in [2.75, 3.05) is 12.4 Å². The molecule has 0 saturated heterocycles. The van der Waals surface area contributed by atoms with Gasteiger partial charge in [0, 0.05) is 17.8 Å². The van der Waals surface area contributed by atoms with E-state index in [9.17, 15) is 9.18 Å². The minimum atomic E-state index is -0.418. The number of ether oxygens (including phenoxy) is 2. The van der Waals surface area contributed by atoms with E-state index in [2.05, 4.69) is 10.4 Å². The number of halogens is 1. The molecule has 1 amide bonds. The second kappa shape index (κ2) is 9.17. The van der Waals surface area contributed by atoms with E-state index < -0.39 is 5.91 Å². The van der Waals surface area contributed by atoms with Gasteiger partial charge < -0.3 is 19.2 Å². The Balaban J connectivity index is 1.34. The molecule has 8 heteroatoms. The number of furan rings is 1. The van der Waals surface area contributed by atoms with E-state index >= 15 is 0 Å². The normalized spacial score (nSPS) is 10.6. The third kappa shape index (κ3) is 5.11. The van der Waals surface area contributed by atoms with Crippen LogP contribution in [-0.4, -0.2) is 22.8 Å². The van der Waals surface area contributed by atoms with Crippen LogP contribution in [0.3, 0.4) is 0 Å². The molecule has 0 aliphatic carbocycles. The van der Waals surface area contributed by atoms with Gasteiger partial charge in [0.2, 0.25) is 0 Å². The van der Waals surface area contributed by atoms with Crippen molar-refractivity contribution >= 4 is 11.6 Å². The summed E-state index contributed by atoms with van der Waals surface area (Å²) in [4.78, 5) is 12.4. The third-order valence-corrected chi connectivity index (χ3v) is 4.49. The van der Waals surface area contributed by atoms with Crippen LogP contribution in [0, 0.1) is 5.82 Å². The summed E-state index contributed by atoms with van der Waals surface area (Å²) in [5.41, 5.74) is 0.988. The van der Waals surface area contributed by atoms with Crippen LogP contribution in [0.2, 0.25) is 0 Å². The van der Waals surface area contributed by atoms with Crippen LogP contribution in [0.15, 0.2) is 77.5 Å². The summed E-state index contributed by atoms with van der Waals surface area (Å²) in [5.74, 6) is 1.24. The van der Waals surface area contributed by atoms with Crippen LogP contribution in [0.25, 0.3) is 0 Å². The Morgan fingerprint density at radius 1 is 1.13 bits per heavy atom. The largest absolute Gasteiger partial charge is 0.497 e. The van der Waals surface area contributed by atoms with Gasteiger partial charge in [-0.15, -0.1) is 0 Å². The SMILES string of the molecule is COc1cccc(OCc2ccc(C(=O)Nc3cnn(Cc4ccccc4F)c3)o2)c1. The van der Waals surface area contributed by atoms with Gasteiger partial charge in [-0.2, -0.15) is 5.10 Å². The van der Waals surface area contributed by atoms with E-state index in [0.29, 0.717) is 28.5 Å². The molecule has 0 aliphatic rings. The number of nitrogens with zero attached hydrogens (tertiary/aromatic N) is 2. The van der Waals surface area contributed by atoms with E-state index in [1.54, 1.807) is 60.5 Å². The van der Waals surface area contributed by atoms with Crippen molar-refractivity contribution in [2.45, 2.75) is 13.2 Å². The van der Waals surface area contributed by atoms with Gasteiger partial charge in [0.1, 0.15) is 29.7 Å². The van der Waals surface area contributed by atoms with Gasteiger partial charge in [0.05, 0.1) is 25.5 Å². The third-order valence-electron chi connectivity index (χ3n) is 4.49. The van der Waals surface area contributed by atoms with Gasteiger partial charge in [0.25, 0.3) is 5.91 Å². The van der Waals surface area contributed by atoms with Gasteiger partial charge in [-0.3, -0.25) is 9.48 Å². The topological polar surface area (TPSA) is 78.5 Å². The Hall–Kier alpha value is -4.07. The van der Waals surface area contributed by atoms with Crippen molar-refractivity contribution in [2.24, 2.45) is 0 Å². The number of amides is 1. The first-order valence-corrected chi connectivity index (χ1v) is 9.53. The molecule has 0 spiro atoms. The maximum absolute atomic E-state index is 13.8. The van der Waals surface area contributed by atoms with E-state index in [0.717, 1.165) is 0 Å². The molecule has 2 heterocycles. The zero-order chi connectivity index (χ0) is 21.6. The lowest BCUT2D eigenvalue weighted by Gasteiger charge is -2.06. The van der Waals surface area contributed by atoms with Crippen LogP contribution >= 0.6 is 0 Å². The number of methoxy groups -OCH3 is 1. The number of rotatable bonds is 8. The zero-order valence-electron chi connectivity index (χ0n) is 16.7. The molecule has 0 atom stereocenters. The molecular formula is C23H20FN3O4. The Labute approximate surface area is 178 Å². The van der Waals surface area contributed by atoms with Crippen LogP contribution in [0.5, 0.6) is 11.5 Å². The zero-order valence-corrected chi connectivity index (χ0v) is 16.7. The fourth-order valence-corrected chi connectivity index (χ4v) is 2.93. The quantitative estimate of drug-likeness (QED) is 0.453. The van der Waals surface area contributed by atoms with E-state index in [1.807, 2.05) is 12.1 Å². The number of hydrogen-bond acceptors (Lipinski definition) is 5. The lowest BCUT2D eigenvalue weighted by molar-refractivity contribution is 0.0992. The first-order chi connectivity index (χ1) is 15.1. The molecule has 31 heavy (non-hydrogen) atoms. The Morgan fingerprint density at radius 3 is 2.81 bits per heavy atom. The molecule has 0 bridgehead atoms. The van der Waals surface area contributed by atoms with Gasteiger partial charge in [-0.25, -0.2) is 4.39 Å². The molecule has 7 nitrogen and oxygen atoms in total. The second-order valence-corrected chi connectivity index (χ2v) is 6.71. The first kappa shape index (κ1) is 20.2. The van der Waals surface area contributed by atoms with Crippen molar-refractivity contribution in [1.29, 1.82) is 0 Å². The molecule has 0 fully saturated rings. The van der Waals surface area contributed by atoms with Crippen molar-refractivity contribution in [3.05, 3.63) is 96.0 Å². The summed E-state index contributed by atoms with van der Waals surface area (Å²) in [5, 5.41) is 6.87. The number of benzene rings is 2. The minimum absolute atomic E-state index is 0.145. The average Bonchev–Trinajstić information content (AvgIpc) is 3.44. The van der Waals surface area contributed by atoms with E-state index in [-0.39, 0.29) is 24.7 Å². The molecule has 4 aromatic rings. The van der Waals surface area contributed by atoms with Gasteiger partial charge in [0.15, 0.2) is 5.76 Å². The molecular weight excluding hydrogens is 401 g/mol. The fraction of sp³-hybridized carbons (Fsp3) is 0.130. The number of hydrogen-bond donors (Lipinski definition) is 1. The van der Waals surface area contributed by atoms with Crippen LogP contribution < -0.4 is 14.8 Å². The summed E-state index contributed by atoms with van der Waals surface area (Å²) in [6.45, 7) is 0.427. The summed E-state index contributed by atoms with van der Waals surface area (Å²) in [6, 6.07) is 16.9. The molecule has 2 aromatic carbocycles. The molecule has 0 radical (unpaired) electrons. The number of nitrogens with one attached hydrogen (secondary N) is 1. The summed E-state index contributed by atoms with van der Waals surface area (Å²) in [6.07, 6.45) is 3.12. The second-order valence-electron chi connectivity index (χ2n) is 6.71. The summed E-state index contributed by atoms with van der Waals surface area (Å²) >= 11 is 0. The predicted molar refractivity (Wildman–Crippen MR) is 112 cm³/mol. The molecule has 0 aliphatic heterocycles. The summed E-state index contributed by atoms with van der Waals surface area (Å²) < 4.78 is 31.7. The smallest absolute Gasteiger partial charge is 0.291 e. The van der Waals surface area contributed by atoms with E-state index in [4.69, 9.17) is 13.9 Å². The molecule has 4 rings (SSSR count). The van der Waals surface area contributed by atoms with Crippen molar-refractivity contribution < 1.29 is 23.1 Å². The highest BCUT2D eigenvalue weighted by molar-refractivity contribution is 6.02. The minimum Gasteiger partial charge on any atom is -0.497 e. The molecule has 2 aromatic heterocycles. The average molecular weight is 421 g/mol. The monoisotopic (exact) mass is 421 g/mol. The van der Waals surface area contributed by atoms with Crippen LogP contribution in [0.4, 0.5) is 10.1 Å². The highest BCUT2D eigenvalue weighted by atomic mass is 19.1. The lowest BCUT2D eigenvalue weighted by atomic mass is 10.2. The van der Waals surface area contributed by atoms with Crippen molar-refractivity contribution in [3.63, 3.8) is 0 Å². The maximum Gasteiger partial charge on any atom is 0.291 e. The van der Waals surface area contributed by atoms with Crippen molar-refractivity contribution in [1.82, 2.24) is 9.78 Å². The Morgan fingerprint density at radius 2 is 1.97 bits per heavy atom.